The smallest absolute Gasteiger partial charge is 0.264 e. The Morgan fingerprint density at radius 1 is 1.16 bits per heavy atom. The Labute approximate surface area is 159 Å². The van der Waals surface area contributed by atoms with Gasteiger partial charge in [-0.2, -0.15) is 0 Å². The van der Waals surface area contributed by atoms with Crippen LogP contribution in [-0.4, -0.2) is 48.4 Å². The monoisotopic (exact) mass is 377 g/mol. The largest absolute Gasteiger partial charge is 0.384 e. The number of rotatable bonds is 3. The van der Waals surface area contributed by atoms with Crippen LogP contribution in [0.15, 0.2) is 30.3 Å². The summed E-state index contributed by atoms with van der Waals surface area (Å²) >= 11 is 1.59. The first-order valence-electron chi connectivity index (χ1n) is 8.63. The summed E-state index contributed by atoms with van der Waals surface area (Å²) in [6.45, 7) is 7.59. The van der Waals surface area contributed by atoms with Gasteiger partial charge in [-0.05, 0) is 36.6 Å². The maximum atomic E-state index is 12.5. The molecule has 4 rings (SSSR count). The van der Waals surface area contributed by atoms with Crippen molar-refractivity contribution in [2.75, 3.05) is 38.0 Å². The molecule has 2 aromatic rings. The summed E-state index contributed by atoms with van der Waals surface area (Å²) in [6, 6.07) is 10.6. The zero-order valence-corrected chi connectivity index (χ0v) is 16.1. The SMILES string of the molecule is Cc1ccc(C(=O)N2CCN(Cc3cccc4c3NCC4)CC2)s1.Cl. The van der Waals surface area contributed by atoms with Gasteiger partial charge in [-0.3, -0.25) is 9.69 Å². The molecule has 4 nitrogen and oxygen atoms in total. The van der Waals surface area contributed by atoms with Gasteiger partial charge >= 0.3 is 0 Å². The number of fused-ring (bicyclic) bond motifs is 1. The van der Waals surface area contributed by atoms with E-state index in [1.165, 1.54) is 21.7 Å². The van der Waals surface area contributed by atoms with Crippen LogP contribution in [0.5, 0.6) is 0 Å². The fourth-order valence-electron chi connectivity index (χ4n) is 3.60. The van der Waals surface area contributed by atoms with Gasteiger partial charge in [-0.1, -0.05) is 18.2 Å². The zero-order valence-electron chi connectivity index (χ0n) is 14.5. The summed E-state index contributed by atoms with van der Waals surface area (Å²) in [5.41, 5.74) is 4.16. The highest BCUT2D eigenvalue weighted by molar-refractivity contribution is 7.13. The van der Waals surface area contributed by atoms with Gasteiger partial charge in [-0.25, -0.2) is 0 Å². The Kier molecular flexibility index (Phi) is 5.67. The topological polar surface area (TPSA) is 35.6 Å². The molecule has 1 N–H and O–H groups in total. The molecule has 0 radical (unpaired) electrons. The van der Waals surface area contributed by atoms with Gasteiger partial charge in [0.25, 0.3) is 5.91 Å². The molecule has 0 spiro atoms. The fraction of sp³-hybridized carbons (Fsp3) is 0.421. The normalized spacial score (nSPS) is 16.9. The number of nitrogens with one attached hydrogen (secondary N) is 1. The van der Waals surface area contributed by atoms with Crippen LogP contribution in [0.1, 0.15) is 25.7 Å². The Balaban J connectivity index is 0.00000182. The summed E-state index contributed by atoms with van der Waals surface area (Å²) in [5, 5.41) is 3.52. The molecule has 134 valence electrons. The van der Waals surface area contributed by atoms with Crippen LogP contribution in [0, 0.1) is 6.92 Å². The van der Waals surface area contributed by atoms with Crippen molar-refractivity contribution in [1.82, 2.24) is 9.80 Å². The summed E-state index contributed by atoms with van der Waals surface area (Å²) in [4.78, 5) is 19.1. The fourth-order valence-corrected chi connectivity index (χ4v) is 4.43. The minimum absolute atomic E-state index is 0. The first kappa shape index (κ1) is 18.2. The van der Waals surface area contributed by atoms with E-state index in [1.54, 1.807) is 11.3 Å². The molecule has 0 unspecified atom stereocenters. The molecule has 2 aliphatic heterocycles. The predicted octanol–water partition coefficient (Wildman–Crippen LogP) is 3.40. The van der Waals surface area contributed by atoms with E-state index in [-0.39, 0.29) is 18.3 Å². The maximum absolute atomic E-state index is 12.5. The lowest BCUT2D eigenvalue weighted by atomic mass is 10.1. The number of para-hydroxylation sites is 1. The third-order valence-corrected chi connectivity index (χ3v) is 5.93. The van der Waals surface area contributed by atoms with Crippen LogP contribution in [-0.2, 0) is 13.0 Å². The summed E-state index contributed by atoms with van der Waals surface area (Å²) in [6.07, 6.45) is 1.13. The van der Waals surface area contributed by atoms with Crippen molar-refractivity contribution >= 4 is 35.3 Å². The molecule has 0 aliphatic carbocycles. The van der Waals surface area contributed by atoms with E-state index < -0.39 is 0 Å². The van der Waals surface area contributed by atoms with E-state index in [0.29, 0.717) is 0 Å². The van der Waals surface area contributed by atoms with Gasteiger partial charge in [0.15, 0.2) is 0 Å². The first-order chi connectivity index (χ1) is 11.7. The Hall–Kier alpha value is -1.56. The number of hydrogen-bond acceptors (Lipinski definition) is 4. The molecule has 1 aromatic carbocycles. The lowest BCUT2D eigenvalue weighted by molar-refractivity contribution is 0.0633. The van der Waals surface area contributed by atoms with E-state index in [0.717, 1.165) is 50.6 Å². The first-order valence-corrected chi connectivity index (χ1v) is 9.45. The molecule has 1 saturated heterocycles. The van der Waals surface area contributed by atoms with Crippen LogP contribution < -0.4 is 5.32 Å². The van der Waals surface area contributed by atoms with Gasteiger partial charge in [0.05, 0.1) is 4.88 Å². The number of benzene rings is 1. The number of amides is 1. The maximum Gasteiger partial charge on any atom is 0.264 e. The molecule has 0 saturated carbocycles. The quantitative estimate of drug-likeness (QED) is 0.890. The molecular weight excluding hydrogens is 354 g/mol. The van der Waals surface area contributed by atoms with Gasteiger partial charge in [0.1, 0.15) is 0 Å². The van der Waals surface area contributed by atoms with Crippen LogP contribution in [0.3, 0.4) is 0 Å². The number of carbonyl (C=O) groups excluding carboxylic acids is 1. The second-order valence-electron chi connectivity index (χ2n) is 6.61. The molecule has 0 bridgehead atoms. The number of hydrogen-bond donors (Lipinski definition) is 1. The summed E-state index contributed by atoms with van der Waals surface area (Å²) in [5.74, 6) is 0.190. The van der Waals surface area contributed by atoms with Crippen LogP contribution in [0.25, 0.3) is 0 Å². The highest BCUT2D eigenvalue weighted by Crippen LogP contribution is 2.27. The number of thiophene rings is 1. The number of carbonyl (C=O) groups is 1. The van der Waals surface area contributed by atoms with Crippen LogP contribution in [0.2, 0.25) is 0 Å². The number of nitrogens with zero attached hydrogens (tertiary/aromatic N) is 2. The lowest BCUT2D eigenvalue weighted by Crippen LogP contribution is -2.48. The Morgan fingerprint density at radius 2 is 1.96 bits per heavy atom. The van der Waals surface area contributed by atoms with Crippen molar-refractivity contribution in [1.29, 1.82) is 0 Å². The number of anilines is 1. The molecule has 1 fully saturated rings. The third kappa shape index (κ3) is 3.84. The van der Waals surface area contributed by atoms with Gasteiger partial charge in [0, 0.05) is 49.8 Å². The van der Waals surface area contributed by atoms with E-state index in [2.05, 4.69) is 28.4 Å². The summed E-state index contributed by atoms with van der Waals surface area (Å²) < 4.78 is 0. The van der Waals surface area contributed by atoms with E-state index in [1.807, 2.05) is 24.0 Å². The molecule has 1 aromatic heterocycles. The van der Waals surface area contributed by atoms with Gasteiger partial charge in [0.2, 0.25) is 0 Å². The molecule has 25 heavy (non-hydrogen) atoms. The van der Waals surface area contributed by atoms with Crippen molar-refractivity contribution in [3.05, 3.63) is 51.2 Å². The standard InChI is InChI=1S/C19H23N3OS.ClH/c1-14-5-6-17(24-14)19(23)22-11-9-21(10-12-22)13-16-4-2-3-15-7-8-20-18(15)16;/h2-6,20H,7-13H2,1H3;1H. The number of halogens is 1. The number of piperazine rings is 1. The zero-order chi connectivity index (χ0) is 16.5. The predicted molar refractivity (Wildman–Crippen MR) is 106 cm³/mol. The summed E-state index contributed by atoms with van der Waals surface area (Å²) in [7, 11) is 0. The second-order valence-corrected chi connectivity index (χ2v) is 7.89. The van der Waals surface area contributed by atoms with Crippen molar-refractivity contribution in [3.63, 3.8) is 0 Å². The van der Waals surface area contributed by atoms with Gasteiger partial charge in [-0.15, -0.1) is 23.7 Å². The van der Waals surface area contributed by atoms with Crippen molar-refractivity contribution in [2.24, 2.45) is 0 Å². The Morgan fingerprint density at radius 3 is 2.68 bits per heavy atom. The minimum atomic E-state index is 0. The van der Waals surface area contributed by atoms with E-state index in [9.17, 15) is 4.79 Å². The van der Waals surface area contributed by atoms with Gasteiger partial charge < -0.3 is 10.2 Å². The Bertz CT molecular complexity index is 753. The van der Waals surface area contributed by atoms with Crippen LogP contribution >= 0.6 is 23.7 Å². The van der Waals surface area contributed by atoms with Crippen LogP contribution in [0.4, 0.5) is 5.69 Å². The third-order valence-electron chi connectivity index (χ3n) is 4.94. The molecule has 2 aliphatic rings. The van der Waals surface area contributed by atoms with E-state index in [4.69, 9.17) is 0 Å². The van der Waals surface area contributed by atoms with E-state index >= 15 is 0 Å². The lowest BCUT2D eigenvalue weighted by Gasteiger charge is -2.34. The molecule has 0 atom stereocenters. The minimum Gasteiger partial charge on any atom is -0.384 e. The average molecular weight is 378 g/mol. The highest BCUT2D eigenvalue weighted by atomic mass is 35.5. The molecule has 1 amide bonds. The molecule has 3 heterocycles. The van der Waals surface area contributed by atoms with Crippen molar-refractivity contribution in [2.45, 2.75) is 19.9 Å². The van der Waals surface area contributed by atoms with Crippen molar-refractivity contribution in [3.8, 4) is 0 Å². The molecule has 6 heteroatoms. The molecular formula is C19H24ClN3OS. The van der Waals surface area contributed by atoms with Crippen molar-refractivity contribution < 1.29 is 4.79 Å². The average Bonchev–Trinajstić information content (AvgIpc) is 3.24. The highest BCUT2D eigenvalue weighted by Gasteiger charge is 2.24. The number of aryl methyl sites for hydroxylation is 1. The second kappa shape index (κ2) is 7.77.